The quantitative estimate of drug-likeness (QED) is 0.708. The first kappa shape index (κ1) is 15.9. The predicted octanol–water partition coefficient (Wildman–Crippen LogP) is 2.50. The molecule has 1 atom stereocenters. The van der Waals surface area contributed by atoms with Crippen LogP contribution in [0.3, 0.4) is 0 Å². The maximum Gasteiger partial charge on any atom is 0.304 e. The standard InChI is InChI=1S/C13H24N2O2/c1-5-15(11(2)9-12(16)17)8-6-7-13(3,4)10-14/h11H,5-9H2,1-4H3,(H,16,17). The monoisotopic (exact) mass is 240 g/mol. The number of hydrogen-bond acceptors (Lipinski definition) is 3. The molecule has 0 aromatic rings. The van der Waals surface area contributed by atoms with E-state index < -0.39 is 5.97 Å². The van der Waals surface area contributed by atoms with Gasteiger partial charge in [-0.25, -0.2) is 0 Å². The summed E-state index contributed by atoms with van der Waals surface area (Å²) >= 11 is 0. The van der Waals surface area contributed by atoms with E-state index >= 15 is 0 Å². The van der Waals surface area contributed by atoms with Gasteiger partial charge in [0.25, 0.3) is 0 Å². The molecule has 0 aromatic heterocycles. The minimum Gasteiger partial charge on any atom is -0.481 e. The average molecular weight is 240 g/mol. The van der Waals surface area contributed by atoms with Gasteiger partial charge in [0.2, 0.25) is 0 Å². The molecular weight excluding hydrogens is 216 g/mol. The molecule has 0 radical (unpaired) electrons. The Morgan fingerprint density at radius 2 is 2.12 bits per heavy atom. The fourth-order valence-corrected chi connectivity index (χ4v) is 1.85. The number of hydrogen-bond donors (Lipinski definition) is 1. The normalized spacial score (nSPS) is 13.4. The van der Waals surface area contributed by atoms with Crippen molar-refractivity contribution in [3.63, 3.8) is 0 Å². The fourth-order valence-electron chi connectivity index (χ4n) is 1.85. The molecule has 0 aliphatic heterocycles. The van der Waals surface area contributed by atoms with Gasteiger partial charge in [0.15, 0.2) is 0 Å². The maximum absolute atomic E-state index is 10.6. The van der Waals surface area contributed by atoms with Gasteiger partial charge in [-0.05, 0) is 46.7 Å². The Morgan fingerprint density at radius 1 is 1.53 bits per heavy atom. The topological polar surface area (TPSA) is 64.3 Å². The van der Waals surface area contributed by atoms with Crippen LogP contribution >= 0.6 is 0 Å². The lowest BCUT2D eigenvalue weighted by Crippen LogP contribution is -2.35. The van der Waals surface area contributed by atoms with Crippen molar-refractivity contribution in [1.82, 2.24) is 4.90 Å². The average Bonchev–Trinajstić information content (AvgIpc) is 2.23. The summed E-state index contributed by atoms with van der Waals surface area (Å²) < 4.78 is 0. The molecule has 1 unspecified atom stereocenters. The predicted molar refractivity (Wildman–Crippen MR) is 67.6 cm³/mol. The van der Waals surface area contributed by atoms with E-state index in [0.717, 1.165) is 25.9 Å². The summed E-state index contributed by atoms with van der Waals surface area (Å²) in [6.07, 6.45) is 1.95. The van der Waals surface area contributed by atoms with Crippen LogP contribution in [0.15, 0.2) is 0 Å². The summed E-state index contributed by atoms with van der Waals surface area (Å²) in [5.74, 6) is -0.756. The zero-order valence-electron chi connectivity index (χ0n) is 11.4. The van der Waals surface area contributed by atoms with Crippen molar-refractivity contribution >= 4 is 5.97 Å². The zero-order valence-corrected chi connectivity index (χ0v) is 11.4. The Hall–Kier alpha value is -1.08. The van der Waals surface area contributed by atoms with Crippen molar-refractivity contribution in [3.8, 4) is 6.07 Å². The van der Waals surface area contributed by atoms with E-state index in [-0.39, 0.29) is 17.9 Å². The molecule has 0 spiro atoms. The second kappa shape index (κ2) is 7.29. The molecule has 17 heavy (non-hydrogen) atoms. The van der Waals surface area contributed by atoms with E-state index in [1.54, 1.807) is 0 Å². The molecule has 0 saturated heterocycles. The van der Waals surface area contributed by atoms with E-state index in [0.29, 0.717) is 0 Å². The highest BCUT2D eigenvalue weighted by Crippen LogP contribution is 2.21. The lowest BCUT2D eigenvalue weighted by molar-refractivity contribution is -0.138. The number of nitriles is 1. The van der Waals surface area contributed by atoms with Crippen molar-refractivity contribution < 1.29 is 9.90 Å². The molecule has 98 valence electrons. The Balaban J connectivity index is 4.07. The molecule has 0 heterocycles. The van der Waals surface area contributed by atoms with Crippen LogP contribution in [-0.2, 0) is 4.79 Å². The van der Waals surface area contributed by atoms with Crippen molar-refractivity contribution in [2.45, 2.75) is 53.0 Å². The van der Waals surface area contributed by atoms with Gasteiger partial charge in [0.05, 0.1) is 17.9 Å². The lowest BCUT2D eigenvalue weighted by Gasteiger charge is -2.27. The Kier molecular flexibility index (Phi) is 6.82. The third-order valence-corrected chi connectivity index (χ3v) is 3.05. The highest BCUT2D eigenvalue weighted by molar-refractivity contribution is 5.67. The van der Waals surface area contributed by atoms with E-state index in [4.69, 9.17) is 10.4 Å². The first-order valence-electron chi connectivity index (χ1n) is 6.19. The number of carboxylic acids is 1. The first-order valence-corrected chi connectivity index (χ1v) is 6.19. The maximum atomic E-state index is 10.6. The molecule has 1 N–H and O–H groups in total. The molecule has 4 nitrogen and oxygen atoms in total. The summed E-state index contributed by atoms with van der Waals surface area (Å²) in [5.41, 5.74) is -0.282. The van der Waals surface area contributed by atoms with Crippen molar-refractivity contribution in [1.29, 1.82) is 5.26 Å². The van der Waals surface area contributed by atoms with E-state index in [2.05, 4.69) is 11.0 Å². The van der Waals surface area contributed by atoms with Crippen LogP contribution in [0.2, 0.25) is 0 Å². The van der Waals surface area contributed by atoms with E-state index in [9.17, 15) is 4.79 Å². The minimum atomic E-state index is -0.756. The summed E-state index contributed by atoms with van der Waals surface area (Å²) in [5, 5.41) is 17.7. The van der Waals surface area contributed by atoms with Crippen LogP contribution in [0.4, 0.5) is 0 Å². The van der Waals surface area contributed by atoms with Crippen LogP contribution in [0, 0.1) is 16.7 Å². The van der Waals surface area contributed by atoms with Crippen molar-refractivity contribution in [2.75, 3.05) is 13.1 Å². The van der Waals surface area contributed by atoms with Gasteiger partial charge in [-0.15, -0.1) is 0 Å². The molecule has 0 saturated carbocycles. The minimum absolute atomic E-state index is 0.0581. The van der Waals surface area contributed by atoms with Gasteiger partial charge in [-0.1, -0.05) is 6.92 Å². The molecule has 4 heteroatoms. The van der Waals surface area contributed by atoms with Gasteiger partial charge in [0, 0.05) is 6.04 Å². The van der Waals surface area contributed by atoms with Crippen LogP contribution in [0.1, 0.15) is 47.0 Å². The summed E-state index contributed by atoms with van der Waals surface area (Å²) in [6.45, 7) is 9.55. The molecule has 0 rings (SSSR count). The smallest absolute Gasteiger partial charge is 0.304 e. The van der Waals surface area contributed by atoms with Crippen molar-refractivity contribution in [2.24, 2.45) is 5.41 Å². The van der Waals surface area contributed by atoms with E-state index in [1.807, 2.05) is 27.7 Å². The van der Waals surface area contributed by atoms with Crippen LogP contribution in [0.25, 0.3) is 0 Å². The molecule has 0 aromatic carbocycles. The molecule has 0 aliphatic rings. The summed E-state index contributed by atoms with van der Waals surface area (Å²) in [6, 6.07) is 2.34. The highest BCUT2D eigenvalue weighted by atomic mass is 16.4. The number of carbonyl (C=O) groups is 1. The van der Waals surface area contributed by atoms with Crippen LogP contribution in [0.5, 0.6) is 0 Å². The third kappa shape index (κ3) is 6.96. The summed E-state index contributed by atoms with van der Waals surface area (Å²) in [7, 11) is 0. The van der Waals surface area contributed by atoms with Gasteiger partial charge >= 0.3 is 5.97 Å². The molecule has 0 fully saturated rings. The Morgan fingerprint density at radius 3 is 2.53 bits per heavy atom. The molecule has 0 bridgehead atoms. The number of carboxylic acid groups (broad SMARTS) is 1. The number of aliphatic carboxylic acids is 1. The molecular formula is C13H24N2O2. The Bertz CT molecular complexity index is 282. The number of nitrogens with zero attached hydrogens (tertiary/aromatic N) is 2. The SMILES string of the molecule is CCN(CCCC(C)(C)C#N)C(C)CC(=O)O. The zero-order chi connectivity index (χ0) is 13.5. The largest absolute Gasteiger partial charge is 0.481 e. The molecule has 0 aliphatic carbocycles. The van der Waals surface area contributed by atoms with Gasteiger partial charge < -0.3 is 10.0 Å². The summed E-state index contributed by atoms with van der Waals surface area (Å²) in [4.78, 5) is 12.8. The van der Waals surface area contributed by atoms with Gasteiger partial charge in [0.1, 0.15) is 0 Å². The van der Waals surface area contributed by atoms with Gasteiger partial charge in [-0.3, -0.25) is 4.79 Å². The molecule has 0 amide bonds. The second-order valence-electron chi connectivity index (χ2n) is 5.17. The van der Waals surface area contributed by atoms with Gasteiger partial charge in [-0.2, -0.15) is 5.26 Å². The third-order valence-electron chi connectivity index (χ3n) is 3.05. The van der Waals surface area contributed by atoms with Crippen LogP contribution in [-0.4, -0.2) is 35.1 Å². The fraction of sp³-hybridized carbons (Fsp3) is 0.846. The van der Waals surface area contributed by atoms with Crippen LogP contribution < -0.4 is 0 Å². The Labute approximate surface area is 104 Å². The second-order valence-corrected chi connectivity index (χ2v) is 5.17. The van der Waals surface area contributed by atoms with E-state index in [1.165, 1.54) is 0 Å². The highest BCUT2D eigenvalue weighted by Gasteiger charge is 2.19. The first-order chi connectivity index (χ1) is 7.82. The van der Waals surface area contributed by atoms with Crippen molar-refractivity contribution in [3.05, 3.63) is 0 Å². The lowest BCUT2D eigenvalue weighted by atomic mass is 9.89. The number of rotatable bonds is 8.